The van der Waals surface area contributed by atoms with Crippen LogP contribution in [-0.4, -0.2) is 11.7 Å². The van der Waals surface area contributed by atoms with E-state index in [4.69, 9.17) is 5.73 Å². The zero-order valence-electron chi connectivity index (χ0n) is 14.0. The van der Waals surface area contributed by atoms with E-state index >= 15 is 0 Å². The van der Waals surface area contributed by atoms with E-state index in [1.807, 2.05) is 72.8 Å². The first-order chi connectivity index (χ1) is 12.2. The molecule has 0 bridgehead atoms. The lowest BCUT2D eigenvalue weighted by atomic mass is 10.1. The van der Waals surface area contributed by atoms with Crippen molar-refractivity contribution in [2.45, 2.75) is 11.8 Å². The molecule has 0 aliphatic rings. The summed E-state index contributed by atoms with van der Waals surface area (Å²) in [6, 6.07) is 23.2. The fourth-order valence-electron chi connectivity index (χ4n) is 2.56. The number of rotatable bonds is 5. The molecule has 126 valence electrons. The summed E-state index contributed by atoms with van der Waals surface area (Å²) in [7, 11) is 0. The monoisotopic (exact) mass is 348 g/mol. The van der Waals surface area contributed by atoms with Crippen molar-refractivity contribution in [3.63, 3.8) is 0 Å². The molecule has 0 fully saturated rings. The fourth-order valence-corrected chi connectivity index (χ4v) is 3.36. The predicted octanol–water partition coefficient (Wildman–Crippen LogP) is 5.30. The Hall–Kier alpha value is -2.72. The number of carbonyl (C=O) groups is 1. The van der Waals surface area contributed by atoms with Gasteiger partial charge in [0.05, 0.1) is 5.56 Å². The molecule has 0 aliphatic carbocycles. The lowest BCUT2D eigenvalue weighted by Gasteiger charge is -2.10. The van der Waals surface area contributed by atoms with E-state index in [1.165, 1.54) is 0 Å². The molecule has 4 heteroatoms. The molecule has 0 heterocycles. The molecule has 0 atom stereocenters. The molecule has 25 heavy (non-hydrogen) atoms. The molecule has 3 aromatic rings. The molecule has 0 aliphatic heterocycles. The largest absolute Gasteiger partial charge is 0.399 e. The molecule has 0 aromatic heterocycles. The average Bonchev–Trinajstić information content (AvgIpc) is 2.64. The second kappa shape index (κ2) is 7.90. The van der Waals surface area contributed by atoms with Gasteiger partial charge in [-0.1, -0.05) is 43.3 Å². The Labute approximate surface area is 152 Å². The van der Waals surface area contributed by atoms with Crippen LogP contribution < -0.4 is 11.1 Å². The van der Waals surface area contributed by atoms with Gasteiger partial charge in [-0.05, 0) is 53.3 Å². The van der Waals surface area contributed by atoms with E-state index in [9.17, 15) is 4.79 Å². The first-order valence-corrected chi connectivity index (χ1v) is 9.15. The van der Waals surface area contributed by atoms with Crippen LogP contribution in [0.15, 0.2) is 77.7 Å². The van der Waals surface area contributed by atoms with E-state index in [1.54, 1.807) is 11.8 Å². The second-order valence-corrected chi connectivity index (χ2v) is 6.89. The highest BCUT2D eigenvalue weighted by molar-refractivity contribution is 7.99. The summed E-state index contributed by atoms with van der Waals surface area (Å²) < 4.78 is 0. The van der Waals surface area contributed by atoms with Gasteiger partial charge in [-0.25, -0.2) is 0 Å². The van der Waals surface area contributed by atoms with Crippen molar-refractivity contribution in [1.29, 1.82) is 0 Å². The third kappa shape index (κ3) is 4.22. The van der Waals surface area contributed by atoms with Crippen LogP contribution in [0.25, 0.3) is 11.1 Å². The van der Waals surface area contributed by atoms with Gasteiger partial charge in [0.1, 0.15) is 0 Å². The van der Waals surface area contributed by atoms with E-state index in [0.29, 0.717) is 5.56 Å². The molecule has 3 nitrogen and oxygen atoms in total. The molecule has 1 amide bonds. The maximum absolute atomic E-state index is 12.6. The van der Waals surface area contributed by atoms with Crippen molar-refractivity contribution in [1.82, 2.24) is 0 Å². The smallest absolute Gasteiger partial charge is 0.256 e. The van der Waals surface area contributed by atoms with Crippen LogP contribution in [0.3, 0.4) is 0 Å². The number of nitrogens with one attached hydrogen (secondary N) is 1. The molecule has 0 radical (unpaired) electrons. The minimum atomic E-state index is -0.0863. The molecule has 0 spiro atoms. The number of anilines is 2. The van der Waals surface area contributed by atoms with Crippen molar-refractivity contribution in [2.75, 3.05) is 16.8 Å². The predicted molar refractivity (Wildman–Crippen MR) is 107 cm³/mol. The first kappa shape index (κ1) is 17.1. The normalized spacial score (nSPS) is 10.4. The van der Waals surface area contributed by atoms with Crippen molar-refractivity contribution < 1.29 is 4.79 Å². The van der Waals surface area contributed by atoms with E-state index in [2.05, 4.69) is 12.2 Å². The van der Waals surface area contributed by atoms with Crippen molar-refractivity contribution >= 4 is 29.0 Å². The van der Waals surface area contributed by atoms with Gasteiger partial charge < -0.3 is 11.1 Å². The van der Waals surface area contributed by atoms with Gasteiger partial charge in [0.25, 0.3) is 5.91 Å². The van der Waals surface area contributed by atoms with Crippen LogP contribution in [0.5, 0.6) is 0 Å². The van der Waals surface area contributed by atoms with Gasteiger partial charge in [-0.2, -0.15) is 0 Å². The SMILES string of the molecule is CCSc1ccccc1C(=O)Nc1ccc(-c2ccc(N)cc2)cc1. The zero-order valence-corrected chi connectivity index (χ0v) is 14.8. The standard InChI is InChI=1S/C21H20N2OS/c1-2-25-20-6-4-3-5-19(20)21(24)23-18-13-9-16(10-14-18)15-7-11-17(22)12-8-15/h3-14H,2,22H2,1H3,(H,23,24). The number of hydrogen-bond acceptors (Lipinski definition) is 3. The summed E-state index contributed by atoms with van der Waals surface area (Å²) in [6.45, 7) is 2.08. The fraction of sp³-hybridized carbons (Fsp3) is 0.0952. The van der Waals surface area contributed by atoms with Crippen LogP contribution in [0.1, 0.15) is 17.3 Å². The lowest BCUT2D eigenvalue weighted by Crippen LogP contribution is -2.12. The lowest BCUT2D eigenvalue weighted by molar-refractivity contribution is 0.102. The number of hydrogen-bond donors (Lipinski definition) is 2. The van der Waals surface area contributed by atoms with Gasteiger partial charge in [0.2, 0.25) is 0 Å². The first-order valence-electron chi connectivity index (χ1n) is 8.16. The molecule has 3 rings (SSSR count). The van der Waals surface area contributed by atoms with Gasteiger partial charge >= 0.3 is 0 Å². The van der Waals surface area contributed by atoms with Crippen LogP contribution in [0.4, 0.5) is 11.4 Å². The van der Waals surface area contributed by atoms with E-state index in [-0.39, 0.29) is 5.91 Å². The molecule has 0 saturated heterocycles. The number of amides is 1. The highest BCUT2D eigenvalue weighted by atomic mass is 32.2. The van der Waals surface area contributed by atoms with E-state index in [0.717, 1.165) is 33.2 Å². The summed E-state index contributed by atoms with van der Waals surface area (Å²) in [4.78, 5) is 13.6. The summed E-state index contributed by atoms with van der Waals surface area (Å²) in [5.74, 6) is 0.845. The Morgan fingerprint density at radius 3 is 2.16 bits per heavy atom. The second-order valence-electron chi connectivity index (χ2n) is 5.58. The summed E-state index contributed by atoms with van der Waals surface area (Å²) in [5, 5.41) is 2.97. The van der Waals surface area contributed by atoms with Gasteiger partial charge in [0.15, 0.2) is 0 Å². The number of nitrogen functional groups attached to an aromatic ring is 1. The number of thioether (sulfide) groups is 1. The number of benzene rings is 3. The highest BCUT2D eigenvalue weighted by Crippen LogP contribution is 2.25. The maximum atomic E-state index is 12.6. The van der Waals surface area contributed by atoms with Crippen LogP contribution in [0.2, 0.25) is 0 Å². The van der Waals surface area contributed by atoms with Gasteiger partial charge in [-0.3, -0.25) is 4.79 Å². The minimum Gasteiger partial charge on any atom is -0.399 e. The summed E-state index contributed by atoms with van der Waals surface area (Å²) in [5.41, 5.74) is 10.1. The molecule has 0 saturated carbocycles. The zero-order chi connectivity index (χ0) is 17.6. The minimum absolute atomic E-state index is 0.0863. The van der Waals surface area contributed by atoms with Crippen molar-refractivity contribution in [3.8, 4) is 11.1 Å². The Morgan fingerprint density at radius 2 is 1.52 bits per heavy atom. The highest BCUT2D eigenvalue weighted by Gasteiger charge is 2.11. The number of carbonyl (C=O) groups excluding carboxylic acids is 1. The Morgan fingerprint density at radius 1 is 0.920 bits per heavy atom. The van der Waals surface area contributed by atoms with Crippen LogP contribution >= 0.6 is 11.8 Å². The molecular weight excluding hydrogens is 328 g/mol. The van der Waals surface area contributed by atoms with E-state index < -0.39 is 0 Å². The Balaban J connectivity index is 1.75. The maximum Gasteiger partial charge on any atom is 0.256 e. The van der Waals surface area contributed by atoms with Gasteiger partial charge in [-0.15, -0.1) is 11.8 Å². The summed E-state index contributed by atoms with van der Waals surface area (Å²) in [6.07, 6.45) is 0. The molecule has 3 aromatic carbocycles. The summed E-state index contributed by atoms with van der Waals surface area (Å²) >= 11 is 1.67. The average molecular weight is 348 g/mol. The third-order valence-electron chi connectivity index (χ3n) is 3.82. The molecule has 0 unspecified atom stereocenters. The number of nitrogens with two attached hydrogens (primary N) is 1. The van der Waals surface area contributed by atoms with Crippen molar-refractivity contribution in [2.24, 2.45) is 0 Å². The molecule has 3 N–H and O–H groups in total. The van der Waals surface area contributed by atoms with Crippen LogP contribution in [-0.2, 0) is 0 Å². The molecular formula is C21H20N2OS. The Kier molecular flexibility index (Phi) is 5.41. The topological polar surface area (TPSA) is 55.1 Å². The Bertz CT molecular complexity index is 858. The van der Waals surface area contributed by atoms with Gasteiger partial charge in [0, 0.05) is 16.3 Å². The van der Waals surface area contributed by atoms with Crippen molar-refractivity contribution in [3.05, 3.63) is 78.4 Å². The van der Waals surface area contributed by atoms with Crippen LogP contribution in [0, 0.1) is 0 Å². The quantitative estimate of drug-likeness (QED) is 0.486. The third-order valence-corrected chi connectivity index (χ3v) is 4.77.